The molecule has 1 aromatic carbocycles. The molecule has 0 bridgehead atoms. The first-order valence-corrected chi connectivity index (χ1v) is 8.91. The number of nitriles is 1. The van der Waals surface area contributed by atoms with E-state index >= 15 is 0 Å². The fourth-order valence-electron chi connectivity index (χ4n) is 4.04. The largest absolute Gasteiger partial charge is 0.482 e. The number of carbonyl (C=O) groups is 1. The summed E-state index contributed by atoms with van der Waals surface area (Å²) in [7, 11) is 0. The number of hydrogen-bond donors (Lipinski definition) is 1. The van der Waals surface area contributed by atoms with E-state index in [0.29, 0.717) is 24.4 Å². The summed E-state index contributed by atoms with van der Waals surface area (Å²) in [4.78, 5) is 18.2. The Morgan fingerprint density at radius 2 is 2.26 bits per heavy atom. The number of benzene rings is 1. The Hall–Kier alpha value is -3.27. The van der Waals surface area contributed by atoms with E-state index in [1.54, 1.807) is 6.20 Å². The van der Waals surface area contributed by atoms with E-state index in [0.717, 1.165) is 22.2 Å². The Morgan fingerprint density at radius 1 is 1.41 bits per heavy atom. The van der Waals surface area contributed by atoms with Crippen LogP contribution in [0.25, 0.3) is 16.8 Å². The van der Waals surface area contributed by atoms with E-state index < -0.39 is 5.60 Å². The van der Waals surface area contributed by atoms with Crippen LogP contribution in [-0.4, -0.2) is 41.9 Å². The van der Waals surface area contributed by atoms with Gasteiger partial charge in [0.2, 0.25) is 0 Å². The highest BCUT2D eigenvalue weighted by molar-refractivity contribution is 6.02. The zero-order chi connectivity index (χ0) is 18.8. The molecule has 2 atom stereocenters. The van der Waals surface area contributed by atoms with E-state index in [-0.39, 0.29) is 18.2 Å². The molecule has 1 amide bonds. The maximum absolute atomic E-state index is 11.4. The molecule has 136 valence electrons. The molecule has 2 saturated heterocycles. The van der Waals surface area contributed by atoms with Crippen molar-refractivity contribution in [2.75, 3.05) is 18.0 Å². The Bertz CT molecular complexity index is 1040. The third-order valence-electron chi connectivity index (χ3n) is 5.29. The first-order chi connectivity index (χ1) is 12.9. The molecule has 27 heavy (non-hydrogen) atoms. The highest BCUT2D eigenvalue weighted by Crippen LogP contribution is 2.42. The molecule has 7 heteroatoms. The van der Waals surface area contributed by atoms with E-state index in [1.165, 1.54) is 0 Å². The molecular formula is C20H18N4O3. The minimum absolute atomic E-state index is 0.0329. The number of fused-ring (bicyclic) bond motifs is 4. The summed E-state index contributed by atoms with van der Waals surface area (Å²) in [6.45, 7) is 5.14. The lowest BCUT2D eigenvalue weighted by Gasteiger charge is -2.30. The lowest BCUT2D eigenvalue weighted by molar-refractivity contribution is 0.144. The first-order valence-electron chi connectivity index (χ1n) is 8.91. The summed E-state index contributed by atoms with van der Waals surface area (Å²) < 4.78 is 11.4. The zero-order valence-corrected chi connectivity index (χ0v) is 15.0. The lowest BCUT2D eigenvalue weighted by atomic mass is 9.95. The first kappa shape index (κ1) is 15.9. The van der Waals surface area contributed by atoms with Crippen LogP contribution in [0, 0.1) is 11.3 Å². The topological polar surface area (TPSA) is 87.5 Å². The zero-order valence-electron chi connectivity index (χ0n) is 15.0. The molecule has 0 aliphatic carbocycles. The Labute approximate surface area is 156 Å². The van der Waals surface area contributed by atoms with Crippen LogP contribution in [0.3, 0.4) is 0 Å². The Morgan fingerprint density at radius 3 is 3.04 bits per heavy atom. The summed E-state index contributed by atoms with van der Waals surface area (Å²) >= 11 is 0. The molecule has 1 aromatic heterocycles. The summed E-state index contributed by atoms with van der Waals surface area (Å²) in [5.41, 5.74) is 0.909. The quantitative estimate of drug-likeness (QED) is 0.839. The van der Waals surface area contributed by atoms with Gasteiger partial charge >= 0.3 is 6.09 Å². The van der Waals surface area contributed by atoms with Gasteiger partial charge in [0.05, 0.1) is 18.2 Å². The number of nitrogens with zero attached hydrogens (tertiary/aromatic N) is 3. The summed E-state index contributed by atoms with van der Waals surface area (Å²) in [5.74, 6) is 1.41. The van der Waals surface area contributed by atoms with Crippen LogP contribution >= 0.6 is 0 Å². The van der Waals surface area contributed by atoms with Gasteiger partial charge in [-0.2, -0.15) is 5.26 Å². The van der Waals surface area contributed by atoms with Gasteiger partial charge in [-0.05, 0) is 37.4 Å². The minimum Gasteiger partial charge on any atom is -0.482 e. The second-order valence-corrected chi connectivity index (χ2v) is 7.65. The smallest absolute Gasteiger partial charge is 0.407 e. The maximum atomic E-state index is 11.4. The molecule has 1 N–H and O–H groups in total. The highest BCUT2D eigenvalue weighted by atomic mass is 16.6. The number of alkyl carbamates (subject to hydrolysis) is 1. The van der Waals surface area contributed by atoms with Crippen molar-refractivity contribution in [1.29, 1.82) is 5.26 Å². The molecule has 0 spiro atoms. The van der Waals surface area contributed by atoms with Crippen molar-refractivity contribution in [3.8, 4) is 11.8 Å². The highest BCUT2D eigenvalue weighted by Gasteiger charge is 2.43. The van der Waals surface area contributed by atoms with Crippen LogP contribution in [0.4, 0.5) is 10.6 Å². The summed E-state index contributed by atoms with van der Waals surface area (Å²) in [6, 6.07) is 5.97. The predicted octanol–water partition coefficient (Wildman–Crippen LogP) is 2.59. The molecule has 0 saturated carbocycles. The number of carbonyl (C=O) groups excluding carboxylic acids is 1. The number of hydrogen-bond acceptors (Lipinski definition) is 6. The van der Waals surface area contributed by atoms with E-state index in [4.69, 9.17) is 9.47 Å². The Balaban J connectivity index is 1.67. The average molecular weight is 362 g/mol. The van der Waals surface area contributed by atoms with Crippen molar-refractivity contribution < 1.29 is 14.3 Å². The van der Waals surface area contributed by atoms with Gasteiger partial charge in [0.1, 0.15) is 29.3 Å². The second-order valence-electron chi connectivity index (χ2n) is 7.65. The summed E-state index contributed by atoms with van der Waals surface area (Å²) in [5, 5.41) is 14.3. The molecule has 5 rings (SSSR count). The predicted molar refractivity (Wildman–Crippen MR) is 99.6 cm³/mol. The summed E-state index contributed by atoms with van der Waals surface area (Å²) in [6.07, 6.45) is 5.23. The lowest BCUT2D eigenvalue weighted by Crippen LogP contribution is -2.33. The monoisotopic (exact) mass is 362 g/mol. The van der Waals surface area contributed by atoms with E-state index in [2.05, 4.69) is 21.3 Å². The van der Waals surface area contributed by atoms with Gasteiger partial charge in [-0.1, -0.05) is 6.08 Å². The average Bonchev–Trinajstić information content (AvgIpc) is 3.16. The fraction of sp³-hybridized carbons (Fsp3) is 0.350. The van der Waals surface area contributed by atoms with Gasteiger partial charge < -0.3 is 19.7 Å². The molecule has 4 heterocycles. The number of ether oxygens (including phenoxy) is 2. The number of nitrogens with one attached hydrogen (secondary N) is 1. The van der Waals surface area contributed by atoms with Gasteiger partial charge in [-0.15, -0.1) is 0 Å². The van der Waals surface area contributed by atoms with Gasteiger partial charge in [0, 0.05) is 23.7 Å². The standard InChI is InChI=1S/C20H18N4O3/c1-20(2)5-3-13-16-11(7-12(8-21)17(13)27-20)4-6-22-18(16)24-9-14-15(10-24)26-19(25)23-14/h3-7,14-15H,9-10H2,1-2H3,(H,23,25). The molecule has 2 unspecified atom stereocenters. The van der Waals surface area contributed by atoms with Gasteiger partial charge in [0.25, 0.3) is 0 Å². The van der Waals surface area contributed by atoms with Crippen molar-refractivity contribution in [3.63, 3.8) is 0 Å². The molecule has 7 nitrogen and oxygen atoms in total. The van der Waals surface area contributed by atoms with Crippen LogP contribution in [-0.2, 0) is 4.74 Å². The van der Waals surface area contributed by atoms with Crippen LogP contribution in [0.2, 0.25) is 0 Å². The number of anilines is 1. The van der Waals surface area contributed by atoms with Gasteiger partial charge in [-0.3, -0.25) is 0 Å². The third-order valence-corrected chi connectivity index (χ3v) is 5.29. The number of rotatable bonds is 1. The van der Waals surface area contributed by atoms with Crippen molar-refractivity contribution >= 4 is 28.8 Å². The SMILES string of the molecule is CC1(C)C=Cc2c(c(C#N)cc3ccnc(N4CC5NC(=O)OC5C4)c23)O1. The van der Waals surface area contributed by atoms with Crippen LogP contribution in [0.1, 0.15) is 25.0 Å². The van der Waals surface area contributed by atoms with Crippen molar-refractivity contribution in [2.45, 2.75) is 31.6 Å². The number of aromatic nitrogens is 1. The van der Waals surface area contributed by atoms with Crippen molar-refractivity contribution in [1.82, 2.24) is 10.3 Å². The van der Waals surface area contributed by atoms with Crippen LogP contribution in [0.15, 0.2) is 24.4 Å². The molecule has 0 radical (unpaired) electrons. The van der Waals surface area contributed by atoms with Crippen LogP contribution < -0.4 is 15.0 Å². The van der Waals surface area contributed by atoms with Gasteiger partial charge in [0.15, 0.2) is 0 Å². The second kappa shape index (κ2) is 5.36. The molecule has 2 fully saturated rings. The normalized spacial score (nSPS) is 24.6. The van der Waals surface area contributed by atoms with Crippen molar-refractivity contribution in [3.05, 3.63) is 35.5 Å². The van der Waals surface area contributed by atoms with E-state index in [1.807, 2.05) is 38.1 Å². The molecule has 3 aliphatic rings. The van der Waals surface area contributed by atoms with E-state index in [9.17, 15) is 10.1 Å². The number of pyridine rings is 1. The molecule has 3 aliphatic heterocycles. The Kier molecular flexibility index (Phi) is 3.17. The maximum Gasteiger partial charge on any atom is 0.407 e. The van der Waals surface area contributed by atoms with Crippen molar-refractivity contribution in [2.24, 2.45) is 0 Å². The number of amides is 1. The third kappa shape index (κ3) is 2.40. The van der Waals surface area contributed by atoms with Gasteiger partial charge in [-0.25, -0.2) is 9.78 Å². The molecular weight excluding hydrogens is 344 g/mol. The van der Waals surface area contributed by atoms with Crippen LogP contribution in [0.5, 0.6) is 5.75 Å². The minimum atomic E-state index is -0.475. The molecule has 2 aromatic rings. The fourth-order valence-corrected chi connectivity index (χ4v) is 4.04.